The summed E-state index contributed by atoms with van der Waals surface area (Å²) in [6.07, 6.45) is 0. The lowest BCUT2D eigenvalue weighted by Gasteiger charge is -2.08. The van der Waals surface area contributed by atoms with Gasteiger partial charge in [0.25, 0.3) is 11.5 Å². The highest BCUT2D eigenvalue weighted by Crippen LogP contribution is 2.20. The molecule has 0 fully saturated rings. The number of ether oxygens (including phenoxy) is 1. The standard InChI is InChI=1S/C24H20N2O3/c1-29-21-12-11-19-13-20(24(28)26-22(19)14-21)15-25-23(27)18-9-7-17(8-10-18)16-5-3-2-4-6-16/h2-14H,15H2,1H3,(H,25,27)(H,26,28). The smallest absolute Gasteiger partial charge is 0.253 e. The van der Waals surface area contributed by atoms with Crippen LogP contribution in [-0.4, -0.2) is 18.0 Å². The number of pyridine rings is 1. The summed E-state index contributed by atoms with van der Waals surface area (Å²) >= 11 is 0. The Morgan fingerprint density at radius 3 is 2.38 bits per heavy atom. The molecule has 0 saturated carbocycles. The minimum atomic E-state index is -0.231. The first kappa shape index (κ1) is 18.5. The van der Waals surface area contributed by atoms with Crippen molar-refractivity contribution in [1.82, 2.24) is 10.3 Å². The molecule has 144 valence electrons. The summed E-state index contributed by atoms with van der Waals surface area (Å²) in [4.78, 5) is 27.7. The monoisotopic (exact) mass is 384 g/mol. The summed E-state index contributed by atoms with van der Waals surface area (Å²) in [7, 11) is 1.58. The van der Waals surface area contributed by atoms with Gasteiger partial charge in [0.05, 0.1) is 12.6 Å². The first-order valence-corrected chi connectivity index (χ1v) is 9.28. The highest BCUT2D eigenvalue weighted by molar-refractivity contribution is 5.94. The van der Waals surface area contributed by atoms with Crippen molar-refractivity contribution in [3.8, 4) is 16.9 Å². The van der Waals surface area contributed by atoms with E-state index in [2.05, 4.69) is 10.3 Å². The maximum atomic E-state index is 12.5. The lowest BCUT2D eigenvalue weighted by Crippen LogP contribution is -2.26. The van der Waals surface area contributed by atoms with Gasteiger partial charge in [-0.3, -0.25) is 9.59 Å². The minimum absolute atomic E-state index is 0.149. The number of fused-ring (bicyclic) bond motifs is 1. The Hall–Kier alpha value is -3.86. The number of carbonyl (C=O) groups is 1. The number of amides is 1. The molecule has 0 unspecified atom stereocenters. The first-order valence-electron chi connectivity index (χ1n) is 9.28. The molecule has 2 N–H and O–H groups in total. The zero-order valence-corrected chi connectivity index (χ0v) is 15.9. The first-order chi connectivity index (χ1) is 14.1. The summed E-state index contributed by atoms with van der Waals surface area (Å²) in [5.74, 6) is 0.451. The second kappa shape index (κ2) is 8.02. The normalized spacial score (nSPS) is 10.7. The van der Waals surface area contributed by atoms with E-state index in [1.165, 1.54) is 0 Å². The van der Waals surface area contributed by atoms with Gasteiger partial charge in [0.1, 0.15) is 5.75 Å². The highest BCUT2D eigenvalue weighted by Gasteiger charge is 2.09. The number of benzene rings is 3. The average Bonchev–Trinajstić information content (AvgIpc) is 2.77. The molecule has 4 aromatic rings. The number of carbonyl (C=O) groups excluding carboxylic acids is 1. The summed E-state index contributed by atoms with van der Waals surface area (Å²) in [5, 5.41) is 3.70. The third kappa shape index (κ3) is 4.04. The summed E-state index contributed by atoms with van der Waals surface area (Å²) in [6.45, 7) is 0.149. The molecule has 0 aliphatic rings. The van der Waals surface area contributed by atoms with Crippen molar-refractivity contribution in [1.29, 1.82) is 0 Å². The van der Waals surface area contributed by atoms with Gasteiger partial charge in [-0.25, -0.2) is 0 Å². The molecular formula is C24H20N2O3. The van der Waals surface area contributed by atoms with Crippen molar-refractivity contribution in [3.05, 3.63) is 100 Å². The van der Waals surface area contributed by atoms with Crippen LogP contribution in [0.25, 0.3) is 22.0 Å². The van der Waals surface area contributed by atoms with Crippen LogP contribution in [-0.2, 0) is 6.54 Å². The van der Waals surface area contributed by atoms with E-state index in [-0.39, 0.29) is 18.0 Å². The molecular weight excluding hydrogens is 364 g/mol. The lowest BCUT2D eigenvalue weighted by atomic mass is 10.0. The Morgan fingerprint density at radius 2 is 1.66 bits per heavy atom. The zero-order valence-electron chi connectivity index (χ0n) is 15.9. The number of nitrogens with one attached hydrogen (secondary N) is 2. The van der Waals surface area contributed by atoms with Gasteiger partial charge in [-0.2, -0.15) is 0 Å². The van der Waals surface area contributed by atoms with E-state index < -0.39 is 0 Å². The van der Waals surface area contributed by atoms with E-state index >= 15 is 0 Å². The van der Waals surface area contributed by atoms with Crippen LogP contribution in [0.15, 0.2) is 83.7 Å². The number of hydrogen-bond donors (Lipinski definition) is 2. The second-order valence-electron chi connectivity index (χ2n) is 6.70. The van der Waals surface area contributed by atoms with Gasteiger partial charge >= 0.3 is 0 Å². The summed E-state index contributed by atoms with van der Waals surface area (Å²) < 4.78 is 5.18. The number of aromatic amines is 1. The Kier molecular flexibility index (Phi) is 5.12. The van der Waals surface area contributed by atoms with Crippen LogP contribution >= 0.6 is 0 Å². The molecule has 1 aromatic heterocycles. The maximum Gasteiger partial charge on any atom is 0.253 e. The van der Waals surface area contributed by atoms with Crippen LogP contribution in [0, 0.1) is 0 Å². The molecule has 5 nitrogen and oxygen atoms in total. The van der Waals surface area contributed by atoms with Crippen LogP contribution in [0.1, 0.15) is 15.9 Å². The number of rotatable bonds is 5. The van der Waals surface area contributed by atoms with Crippen molar-refractivity contribution >= 4 is 16.8 Å². The van der Waals surface area contributed by atoms with E-state index in [0.29, 0.717) is 22.4 Å². The van der Waals surface area contributed by atoms with E-state index in [1.54, 1.807) is 31.4 Å². The lowest BCUT2D eigenvalue weighted by molar-refractivity contribution is 0.0951. The molecule has 5 heteroatoms. The molecule has 3 aromatic carbocycles. The number of aromatic nitrogens is 1. The Labute approximate surface area is 168 Å². The molecule has 29 heavy (non-hydrogen) atoms. The van der Waals surface area contributed by atoms with Gasteiger partial charge in [-0.05, 0) is 46.8 Å². The topological polar surface area (TPSA) is 71.2 Å². The van der Waals surface area contributed by atoms with Crippen molar-refractivity contribution in [2.75, 3.05) is 7.11 Å². The predicted octanol–water partition coefficient (Wildman–Crippen LogP) is 4.13. The maximum absolute atomic E-state index is 12.5. The molecule has 1 heterocycles. The SMILES string of the molecule is COc1ccc2cc(CNC(=O)c3ccc(-c4ccccc4)cc3)c(=O)[nH]c2c1. The summed E-state index contributed by atoms with van der Waals surface area (Å²) in [6, 6.07) is 24.6. The molecule has 0 spiro atoms. The fourth-order valence-electron chi connectivity index (χ4n) is 3.21. The van der Waals surface area contributed by atoms with Crippen molar-refractivity contribution in [3.63, 3.8) is 0 Å². The van der Waals surface area contributed by atoms with Crippen LogP contribution in [0.3, 0.4) is 0 Å². The molecule has 0 aliphatic carbocycles. The van der Waals surface area contributed by atoms with Gasteiger partial charge in [0.15, 0.2) is 0 Å². The van der Waals surface area contributed by atoms with E-state index in [4.69, 9.17) is 4.74 Å². The fraction of sp³-hybridized carbons (Fsp3) is 0.0833. The Morgan fingerprint density at radius 1 is 0.931 bits per heavy atom. The van der Waals surface area contributed by atoms with Crippen LogP contribution in [0.4, 0.5) is 0 Å². The third-order valence-corrected chi connectivity index (χ3v) is 4.82. The number of hydrogen-bond acceptors (Lipinski definition) is 3. The van der Waals surface area contributed by atoms with Crippen LogP contribution in [0.2, 0.25) is 0 Å². The molecule has 0 aliphatic heterocycles. The predicted molar refractivity (Wildman–Crippen MR) is 114 cm³/mol. The molecule has 0 bridgehead atoms. The second-order valence-corrected chi connectivity index (χ2v) is 6.70. The largest absolute Gasteiger partial charge is 0.497 e. The molecule has 0 saturated heterocycles. The number of methoxy groups -OCH3 is 1. The van der Waals surface area contributed by atoms with Crippen molar-refractivity contribution in [2.45, 2.75) is 6.54 Å². The van der Waals surface area contributed by atoms with Gasteiger partial charge in [0.2, 0.25) is 0 Å². The molecule has 0 atom stereocenters. The average molecular weight is 384 g/mol. The third-order valence-electron chi connectivity index (χ3n) is 4.82. The van der Waals surface area contributed by atoms with Crippen LogP contribution < -0.4 is 15.6 Å². The van der Waals surface area contributed by atoms with Gasteiger partial charge in [0, 0.05) is 23.7 Å². The van der Waals surface area contributed by atoms with Gasteiger partial charge in [-0.1, -0.05) is 42.5 Å². The van der Waals surface area contributed by atoms with E-state index in [0.717, 1.165) is 16.5 Å². The minimum Gasteiger partial charge on any atom is -0.497 e. The zero-order chi connectivity index (χ0) is 20.2. The molecule has 4 rings (SSSR count). The van der Waals surface area contributed by atoms with Crippen molar-refractivity contribution in [2.24, 2.45) is 0 Å². The fourth-order valence-corrected chi connectivity index (χ4v) is 3.21. The van der Waals surface area contributed by atoms with Crippen LogP contribution in [0.5, 0.6) is 5.75 Å². The molecule has 0 radical (unpaired) electrons. The van der Waals surface area contributed by atoms with E-state index in [1.807, 2.05) is 54.6 Å². The van der Waals surface area contributed by atoms with Gasteiger partial charge in [-0.15, -0.1) is 0 Å². The molecule has 1 amide bonds. The summed E-state index contributed by atoms with van der Waals surface area (Å²) in [5.41, 5.74) is 3.65. The number of H-pyrrole nitrogens is 1. The van der Waals surface area contributed by atoms with Crippen molar-refractivity contribution < 1.29 is 9.53 Å². The van der Waals surface area contributed by atoms with E-state index in [9.17, 15) is 9.59 Å². The Bertz CT molecular complexity index is 1210. The quantitative estimate of drug-likeness (QED) is 0.543. The Balaban J connectivity index is 1.48. The van der Waals surface area contributed by atoms with Gasteiger partial charge < -0.3 is 15.0 Å². The highest BCUT2D eigenvalue weighted by atomic mass is 16.5.